The maximum absolute atomic E-state index is 3.25. The standard InChI is InChI=1S/C13H21N.ClH/c1-11-7-5-6-8-12(11)9-13(2,3)10-14-4;/h5-8,14H,9-10H2,1-4H3;1H. The second kappa shape index (κ2) is 6.14. The Kier molecular flexibility index (Phi) is 5.92. The lowest BCUT2D eigenvalue weighted by molar-refractivity contribution is 0.349. The molecule has 2 heteroatoms. The molecule has 0 aromatic heterocycles. The summed E-state index contributed by atoms with van der Waals surface area (Å²) in [7, 11) is 2.01. The van der Waals surface area contributed by atoms with Crippen molar-refractivity contribution in [2.75, 3.05) is 13.6 Å². The van der Waals surface area contributed by atoms with E-state index in [1.165, 1.54) is 11.1 Å². The summed E-state index contributed by atoms with van der Waals surface area (Å²) >= 11 is 0. The van der Waals surface area contributed by atoms with Crippen molar-refractivity contribution >= 4 is 12.4 Å². The zero-order valence-electron chi connectivity index (χ0n) is 10.1. The van der Waals surface area contributed by atoms with E-state index >= 15 is 0 Å². The molecule has 0 saturated carbocycles. The minimum absolute atomic E-state index is 0. The van der Waals surface area contributed by atoms with Gasteiger partial charge < -0.3 is 5.32 Å². The number of halogens is 1. The number of benzene rings is 1. The van der Waals surface area contributed by atoms with Crippen molar-refractivity contribution < 1.29 is 0 Å². The fraction of sp³-hybridized carbons (Fsp3) is 0.538. The number of aryl methyl sites for hydroxylation is 1. The van der Waals surface area contributed by atoms with Crippen LogP contribution in [0.3, 0.4) is 0 Å². The zero-order valence-corrected chi connectivity index (χ0v) is 10.9. The minimum atomic E-state index is 0. The molecule has 86 valence electrons. The third-order valence-electron chi connectivity index (χ3n) is 2.59. The van der Waals surface area contributed by atoms with Crippen molar-refractivity contribution in [3.63, 3.8) is 0 Å². The quantitative estimate of drug-likeness (QED) is 0.833. The molecule has 0 saturated heterocycles. The van der Waals surface area contributed by atoms with Crippen LogP contribution in [0.2, 0.25) is 0 Å². The molecule has 1 nitrogen and oxygen atoms in total. The Bertz CT molecular complexity index is 294. The first kappa shape index (κ1) is 14.5. The zero-order chi connectivity index (χ0) is 10.6. The Hall–Kier alpha value is -0.530. The predicted molar refractivity (Wildman–Crippen MR) is 69.8 cm³/mol. The van der Waals surface area contributed by atoms with E-state index in [2.05, 4.69) is 50.4 Å². The molecule has 1 rings (SSSR count). The van der Waals surface area contributed by atoms with E-state index in [1.807, 2.05) is 7.05 Å². The van der Waals surface area contributed by atoms with E-state index in [0.717, 1.165) is 13.0 Å². The number of hydrogen-bond acceptors (Lipinski definition) is 1. The summed E-state index contributed by atoms with van der Waals surface area (Å²) in [6, 6.07) is 8.64. The van der Waals surface area contributed by atoms with Crippen LogP contribution in [0, 0.1) is 12.3 Å². The number of nitrogens with one attached hydrogen (secondary N) is 1. The van der Waals surface area contributed by atoms with Crippen molar-refractivity contribution in [1.82, 2.24) is 5.32 Å². The van der Waals surface area contributed by atoms with Gasteiger partial charge in [-0.2, -0.15) is 0 Å². The molecule has 1 aromatic rings. The molecule has 0 unspecified atom stereocenters. The second-order valence-electron chi connectivity index (χ2n) is 4.80. The lowest BCUT2D eigenvalue weighted by Crippen LogP contribution is -2.28. The second-order valence-corrected chi connectivity index (χ2v) is 4.80. The van der Waals surface area contributed by atoms with Crippen LogP contribution in [0.25, 0.3) is 0 Å². The summed E-state index contributed by atoms with van der Waals surface area (Å²) in [5.74, 6) is 0. The maximum atomic E-state index is 3.25. The largest absolute Gasteiger partial charge is 0.319 e. The number of hydrogen-bond donors (Lipinski definition) is 1. The van der Waals surface area contributed by atoms with E-state index in [-0.39, 0.29) is 12.4 Å². The lowest BCUT2D eigenvalue weighted by Gasteiger charge is -2.25. The first-order chi connectivity index (χ1) is 6.55. The SMILES string of the molecule is CNCC(C)(C)Cc1ccccc1C.Cl. The van der Waals surface area contributed by atoms with Crippen LogP contribution in [0.15, 0.2) is 24.3 Å². The van der Waals surface area contributed by atoms with Crippen LogP contribution in [-0.4, -0.2) is 13.6 Å². The van der Waals surface area contributed by atoms with Crippen LogP contribution in [0.4, 0.5) is 0 Å². The molecular formula is C13H22ClN. The molecule has 0 radical (unpaired) electrons. The highest BCUT2D eigenvalue weighted by molar-refractivity contribution is 5.85. The van der Waals surface area contributed by atoms with E-state index in [0.29, 0.717) is 5.41 Å². The molecule has 1 aromatic carbocycles. The van der Waals surface area contributed by atoms with Crippen LogP contribution in [0.1, 0.15) is 25.0 Å². The van der Waals surface area contributed by atoms with Gasteiger partial charge >= 0.3 is 0 Å². The van der Waals surface area contributed by atoms with E-state index in [1.54, 1.807) is 0 Å². The summed E-state index contributed by atoms with van der Waals surface area (Å²) in [5, 5.41) is 3.25. The molecule has 0 heterocycles. The summed E-state index contributed by atoms with van der Waals surface area (Å²) in [6.07, 6.45) is 1.14. The molecular weight excluding hydrogens is 206 g/mol. The predicted octanol–water partition coefficient (Wildman–Crippen LogP) is 3.20. The van der Waals surface area contributed by atoms with Crippen molar-refractivity contribution in [3.05, 3.63) is 35.4 Å². The van der Waals surface area contributed by atoms with Gasteiger partial charge in [-0.25, -0.2) is 0 Å². The van der Waals surface area contributed by atoms with Crippen LogP contribution >= 0.6 is 12.4 Å². The average molecular weight is 228 g/mol. The highest BCUT2D eigenvalue weighted by Gasteiger charge is 2.17. The molecule has 0 aliphatic heterocycles. The minimum Gasteiger partial charge on any atom is -0.319 e. The van der Waals surface area contributed by atoms with E-state index in [9.17, 15) is 0 Å². The van der Waals surface area contributed by atoms with Crippen molar-refractivity contribution in [2.45, 2.75) is 27.2 Å². The molecule has 0 fully saturated rings. The lowest BCUT2D eigenvalue weighted by atomic mass is 9.84. The van der Waals surface area contributed by atoms with Gasteiger partial charge in [0.2, 0.25) is 0 Å². The summed E-state index contributed by atoms with van der Waals surface area (Å²) in [6.45, 7) is 7.85. The van der Waals surface area contributed by atoms with Crippen LogP contribution in [-0.2, 0) is 6.42 Å². The molecule has 0 bridgehead atoms. The van der Waals surface area contributed by atoms with Gasteiger partial charge in [0, 0.05) is 6.54 Å². The molecule has 0 aliphatic carbocycles. The summed E-state index contributed by atoms with van der Waals surface area (Å²) in [4.78, 5) is 0. The Balaban J connectivity index is 0.00000196. The van der Waals surface area contributed by atoms with Crippen molar-refractivity contribution in [3.8, 4) is 0 Å². The molecule has 15 heavy (non-hydrogen) atoms. The van der Waals surface area contributed by atoms with E-state index < -0.39 is 0 Å². The Morgan fingerprint density at radius 2 is 1.80 bits per heavy atom. The van der Waals surface area contributed by atoms with Gasteiger partial charge in [0.05, 0.1) is 0 Å². The molecule has 0 spiro atoms. The smallest absolute Gasteiger partial charge is 0.000270 e. The van der Waals surface area contributed by atoms with Gasteiger partial charge in [0.15, 0.2) is 0 Å². The van der Waals surface area contributed by atoms with Crippen molar-refractivity contribution in [2.24, 2.45) is 5.41 Å². The highest BCUT2D eigenvalue weighted by atomic mass is 35.5. The third kappa shape index (κ3) is 4.67. The monoisotopic (exact) mass is 227 g/mol. The average Bonchev–Trinajstić information content (AvgIpc) is 2.08. The van der Waals surface area contributed by atoms with Gasteiger partial charge in [0.1, 0.15) is 0 Å². The number of rotatable bonds is 4. The molecule has 0 atom stereocenters. The molecule has 0 amide bonds. The van der Waals surface area contributed by atoms with Crippen LogP contribution in [0.5, 0.6) is 0 Å². The van der Waals surface area contributed by atoms with Gasteiger partial charge in [-0.15, -0.1) is 12.4 Å². The Morgan fingerprint density at radius 3 is 2.33 bits per heavy atom. The van der Waals surface area contributed by atoms with E-state index in [4.69, 9.17) is 0 Å². The van der Waals surface area contributed by atoms with Gasteiger partial charge in [-0.1, -0.05) is 38.1 Å². The maximum Gasteiger partial charge on any atom is 0.000270 e. The summed E-state index contributed by atoms with van der Waals surface area (Å²) < 4.78 is 0. The molecule has 0 aliphatic rings. The molecule has 1 N–H and O–H groups in total. The fourth-order valence-electron chi connectivity index (χ4n) is 1.87. The third-order valence-corrected chi connectivity index (χ3v) is 2.59. The first-order valence-electron chi connectivity index (χ1n) is 5.24. The van der Waals surface area contributed by atoms with Gasteiger partial charge in [-0.3, -0.25) is 0 Å². The Labute approximate surface area is 99.7 Å². The fourth-order valence-corrected chi connectivity index (χ4v) is 1.87. The Morgan fingerprint density at radius 1 is 1.20 bits per heavy atom. The highest BCUT2D eigenvalue weighted by Crippen LogP contribution is 2.22. The van der Waals surface area contributed by atoms with Crippen LogP contribution < -0.4 is 5.32 Å². The van der Waals surface area contributed by atoms with Gasteiger partial charge in [-0.05, 0) is 36.9 Å². The van der Waals surface area contributed by atoms with Gasteiger partial charge in [0.25, 0.3) is 0 Å². The summed E-state index contributed by atoms with van der Waals surface area (Å²) in [5.41, 5.74) is 3.20. The topological polar surface area (TPSA) is 12.0 Å². The normalized spacial score (nSPS) is 10.9. The first-order valence-corrected chi connectivity index (χ1v) is 5.24. The van der Waals surface area contributed by atoms with Crippen molar-refractivity contribution in [1.29, 1.82) is 0 Å².